The van der Waals surface area contributed by atoms with Crippen LogP contribution in [0.1, 0.15) is 0 Å². The summed E-state index contributed by atoms with van der Waals surface area (Å²) in [6.07, 6.45) is 1.45. The third-order valence-corrected chi connectivity index (χ3v) is 4.78. The first-order valence-electron chi connectivity index (χ1n) is 5.48. The molecule has 0 spiro atoms. The second-order valence-corrected chi connectivity index (χ2v) is 6.54. The molecule has 0 amide bonds. The van der Waals surface area contributed by atoms with E-state index in [9.17, 15) is 12.8 Å². The van der Waals surface area contributed by atoms with E-state index in [1.54, 1.807) is 0 Å². The fourth-order valence-corrected chi connectivity index (χ4v) is 3.24. The fraction of sp³-hybridized carbons (Fsp3) is 0.333. The number of hydrogen-bond donors (Lipinski definition) is 0. The Morgan fingerprint density at radius 3 is 2.74 bits per heavy atom. The third kappa shape index (κ3) is 4.10. The predicted octanol–water partition coefficient (Wildman–Crippen LogP) is 2.41. The van der Waals surface area contributed by atoms with Crippen LogP contribution in [-0.4, -0.2) is 39.5 Å². The Labute approximate surface area is 121 Å². The van der Waals surface area contributed by atoms with Gasteiger partial charge in [0.15, 0.2) is 0 Å². The molecule has 0 aromatic heterocycles. The van der Waals surface area contributed by atoms with Gasteiger partial charge in [-0.3, -0.25) is 0 Å². The number of methoxy groups -OCH3 is 1. The molecule has 4 nitrogen and oxygen atoms in total. The average molecular weight is 352 g/mol. The van der Waals surface area contributed by atoms with Crippen molar-refractivity contribution in [3.8, 4) is 0 Å². The number of sulfonamides is 1. The molecular formula is C12H15BrFNO3S. The van der Waals surface area contributed by atoms with Crippen molar-refractivity contribution < 1.29 is 17.5 Å². The molecule has 1 aromatic rings. The van der Waals surface area contributed by atoms with Crippen molar-refractivity contribution in [1.82, 2.24) is 4.31 Å². The molecule has 106 valence electrons. The van der Waals surface area contributed by atoms with E-state index in [4.69, 9.17) is 4.74 Å². The number of ether oxygens (including phenoxy) is 1. The fourth-order valence-electron chi connectivity index (χ4n) is 1.47. The molecular weight excluding hydrogens is 337 g/mol. The van der Waals surface area contributed by atoms with Gasteiger partial charge in [0.2, 0.25) is 10.0 Å². The van der Waals surface area contributed by atoms with Gasteiger partial charge in [-0.25, -0.2) is 12.8 Å². The van der Waals surface area contributed by atoms with Crippen molar-refractivity contribution in [3.05, 3.63) is 41.1 Å². The lowest BCUT2D eigenvalue weighted by Gasteiger charge is -2.20. The van der Waals surface area contributed by atoms with Gasteiger partial charge in [0.1, 0.15) is 10.7 Å². The van der Waals surface area contributed by atoms with Crippen molar-refractivity contribution in [2.75, 3.05) is 26.8 Å². The highest BCUT2D eigenvalue weighted by Gasteiger charge is 2.26. The first-order valence-corrected chi connectivity index (χ1v) is 7.71. The van der Waals surface area contributed by atoms with Gasteiger partial charge in [-0.2, -0.15) is 4.31 Å². The average Bonchev–Trinajstić information content (AvgIpc) is 2.33. The van der Waals surface area contributed by atoms with Crippen LogP contribution in [0.4, 0.5) is 4.39 Å². The lowest BCUT2D eigenvalue weighted by atomic mass is 10.3. The van der Waals surface area contributed by atoms with Gasteiger partial charge in [-0.15, -0.1) is 6.58 Å². The van der Waals surface area contributed by atoms with Gasteiger partial charge in [0, 0.05) is 24.7 Å². The first kappa shape index (κ1) is 16.3. The quantitative estimate of drug-likeness (QED) is 0.708. The van der Waals surface area contributed by atoms with Gasteiger partial charge in [-0.1, -0.05) is 22.0 Å². The Kier molecular flexibility index (Phi) is 6.12. The van der Waals surface area contributed by atoms with Gasteiger partial charge in [0.25, 0.3) is 0 Å². The largest absolute Gasteiger partial charge is 0.383 e. The van der Waals surface area contributed by atoms with E-state index in [2.05, 4.69) is 22.5 Å². The van der Waals surface area contributed by atoms with Crippen LogP contribution in [0.2, 0.25) is 0 Å². The van der Waals surface area contributed by atoms with Crippen LogP contribution >= 0.6 is 15.9 Å². The molecule has 19 heavy (non-hydrogen) atoms. The van der Waals surface area contributed by atoms with Crippen LogP contribution in [0, 0.1) is 5.82 Å². The minimum Gasteiger partial charge on any atom is -0.383 e. The summed E-state index contributed by atoms with van der Waals surface area (Å²) in [5.74, 6) is -0.791. The van der Waals surface area contributed by atoms with E-state index in [-0.39, 0.29) is 24.6 Å². The Morgan fingerprint density at radius 2 is 2.21 bits per heavy atom. The molecule has 0 aliphatic heterocycles. The van der Waals surface area contributed by atoms with Crippen molar-refractivity contribution in [2.45, 2.75) is 4.90 Å². The SMILES string of the molecule is C=CCN(CCOC)S(=O)(=O)c1ccc(Br)cc1F. The molecule has 0 atom stereocenters. The van der Waals surface area contributed by atoms with Crippen LogP contribution in [0.5, 0.6) is 0 Å². The topological polar surface area (TPSA) is 46.6 Å². The second kappa shape index (κ2) is 7.14. The van der Waals surface area contributed by atoms with Gasteiger partial charge >= 0.3 is 0 Å². The molecule has 0 aliphatic rings. The molecule has 0 bridgehead atoms. The maximum atomic E-state index is 13.8. The smallest absolute Gasteiger partial charge is 0.246 e. The number of halogens is 2. The van der Waals surface area contributed by atoms with Crippen LogP contribution in [0.3, 0.4) is 0 Å². The normalized spacial score (nSPS) is 11.8. The highest BCUT2D eigenvalue weighted by atomic mass is 79.9. The van der Waals surface area contributed by atoms with E-state index in [1.165, 1.54) is 25.3 Å². The Bertz CT molecular complexity index is 548. The summed E-state index contributed by atoms with van der Waals surface area (Å²) >= 11 is 3.09. The molecule has 1 aromatic carbocycles. The molecule has 0 radical (unpaired) electrons. The van der Waals surface area contributed by atoms with E-state index in [0.29, 0.717) is 4.47 Å². The summed E-state index contributed by atoms with van der Waals surface area (Å²) < 4.78 is 44.9. The second-order valence-electron chi connectivity index (χ2n) is 3.72. The standard InChI is InChI=1S/C12H15BrFNO3S/c1-3-6-15(7-8-18-2)19(16,17)12-5-4-10(13)9-11(12)14/h3-5,9H,1,6-8H2,2H3. The number of hydrogen-bond acceptors (Lipinski definition) is 3. The molecule has 0 N–H and O–H groups in total. The number of benzene rings is 1. The minimum atomic E-state index is -3.90. The van der Waals surface area contributed by atoms with E-state index in [0.717, 1.165) is 10.4 Å². The third-order valence-electron chi connectivity index (χ3n) is 2.39. The first-order chi connectivity index (χ1) is 8.93. The maximum Gasteiger partial charge on any atom is 0.246 e. The van der Waals surface area contributed by atoms with Gasteiger partial charge in [-0.05, 0) is 18.2 Å². The Morgan fingerprint density at radius 1 is 1.53 bits per heavy atom. The molecule has 1 rings (SSSR count). The minimum absolute atomic E-state index is 0.0984. The van der Waals surface area contributed by atoms with Crippen molar-refractivity contribution in [1.29, 1.82) is 0 Å². The van der Waals surface area contributed by atoms with Crippen molar-refractivity contribution in [3.63, 3.8) is 0 Å². The summed E-state index contributed by atoms with van der Waals surface area (Å²) in [6.45, 7) is 3.97. The van der Waals surface area contributed by atoms with Crippen molar-refractivity contribution in [2.24, 2.45) is 0 Å². The highest BCUT2D eigenvalue weighted by molar-refractivity contribution is 9.10. The molecule has 0 unspecified atom stereocenters. The number of rotatable bonds is 7. The highest BCUT2D eigenvalue weighted by Crippen LogP contribution is 2.22. The zero-order chi connectivity index (χ0) is 14.5. The zero-order valence-electron chi connectivity index (χ0n) is 10.5. The van der Waals surface area contributed by atoms with E-state index < -0.39 is 15.8 Å². The summed E-state index contributed by atoms with van der Waals surface area (Å²) in [5, 5.41) is 0. The van der Waals surface area contributed by atoms with Crippen LogP contribution < -0.4 is 0 Å². The summed E-state index contributed by atoms with van der Waals surface area (Å²) in [6, 6.07) is 3.84. The van der Waals surface area contributed by atoms with Crippen LogP contribution in [0.25, 0.3) is 0 Å². The lowest BCUT2D eigenvalue weighted by Crippen LogP contribution is -2.34. The lowest BCUT2D eigenvalue weighted by molar-refractivity contribution is 0.182. The molecule has 0 heterocycles. The van der Waals surface area contributed by atoms with Crippen LogP contribution in [-0.2, 0) is 14.8 Å². The van der Waals surface area contributed by atoms with Crippen molar-refractivity contribution >= 4 is 26.0 Å². The Balaban J connectivity index is 3.14. The van der Waals surface area contributed by atoms with Gasteiger partial charge < -0.3 is 4.74 Å². The molecule has 7 heteroatoms. The van der Waals surface area contributed by atoms with Crippen LogP contribution in [0.15, 0.2) is 40.2 Å². The maximum absolute atomic E-state index is 13.8. The van der Waals surface area contributed by atoms with E-state index >= 15 is 0 Å². The molecule has 0 saturated heterocycles. The summed E-state index contributed by atoms with van der Waals surface area (Å²) in [7, 11) is -2.43. The van der Waals surface area contributed by atoms with E-state index in [1.807, 2.05) is 0 Å². The zero-order valence-corrected chi connectivity index (χ0v) is 12.9. The number of nitrogens with zero attached hydrogens (tertiary/aromatic N) is 1. The molecule has 0 fully saturated rings. The molecule has 0 saturated carbocycles. The van der Waals surface area contributed by atoms with Gasteiger partial charge in [0.05, 0.1) is 6.61 Å². The predicted molar refractivity (Wildman–Crippen MR) is 74.9 cm³/mol. The summed E-state index contributed by atoms with van der Waals surface area (Å²) in [4.78, 5) is -0.353. The monoisotopic (exact) mass is 351 g/mol. The Hall–Kier alpha value is -0.760. The molecule has 0 aliphatic carbocycles. The summed E-state index contributed by atoms with van der Waals surface area (Å²) in [5.41, 5.74) is 0.